The van der Waals surface area contributed by atoms with Gasteiger partial charge in [-0.25, -0.2) is 4.79 Å². The summed E-state index contributed by atoms with van der Waals surface area (Å²) in [4.78, 5) is 14.1. The molecule has 1 aliphatic heterocycles. The minimum atomic E-state index is -0.452. The fourth-order valence-corrected chi connectivity index (χ4v) is 2.79. The van der Waals surface area contributed by atoms with Crippen LogP contribution in [0.5, 0.6) is 0 Å². The summed E-state index contributed by atoms with van der Waals surface area (Å²) >= 11 is 0. The number of nitrogens with zero attached hydrogens (tertiary/aromatic N) is 3. The Kier molecular flexibility index (Phi) is 6.84. The lowest BCUT2D eigenvalue weighted by atomic mass is 9.82. The number of aromatic nitrogens is 2. The van der Waals surface area contributed by atoms with Gasteiger partial charge in [-0.1, -0.05) is 0 Å². The van der Waals surface area contributed by atoms with Gasteiger partial charge in [0.2, 0.25) is 0 Å². The number of ether oxygens (including phenoxy) is 2. The monoisotopic (exact) mass is 395 g/mol. The average Bonchev–Trinajstić information content (AvgIpc) is 3.09. The first-order valence-corrected chi connectivity index (χ1v) is 9.69. The van der Waals surface area contributed by atoms with Gasteiger partial charge in [0.15, 0.2) is 0 Å². The van der Waals surface area contributed by atoms with Gasteiger partial charge in [0.25, 0.3) is 0 Å². The molecule has 28 heavy (non-hydrogen) atoms. The SMILES string of the molecule is COCCN(C(=O)OCCn1cc(B2OC(C)(C)C(C)(C)O2)cn1)C(C)(C)C. The predicted molar refractivity (Wildman–Crippen MR) is 108 cm³/mol. The molecule has 9 heteroatoms. The quantitative estimate of drug-likeness (QED) is 0.658. The van der Waals surface area contributed by atoms with Crippen molar-refractivity contribution in [2.24, 2.45) is 0 Å². The van der Waals surface area contributed by atoms with E-state index in [0.717, 1.165) is 5.46 Å². The lowest BCUT2D eigenvalue weighted by molar-refractivity contribution is 0.00578. The van der Waals surface area contributed by atoms with Gasteiger partial charge in [0, 0.05) is 37.0 Å². The van der Waals surface area contributed by atoms with E-state index in [-0.39, 0.29) is 18.2 Å². The van der Waals surface area contributed by atoms with Crippen molar-refractivity contribution < 1.29 is 23.6 Å². The molecule has 2 rings (SSSR count). The zero-order valence-electron chi connectivity index (χ0n) is 18.4. The number of hydrogen-bond acceptors (Lipinski definition) is 6. The number of amides is 1. The van der Waals surface area contributed by atoms with E-state index >= 15 is 0 Å². The van der Waals surface area contributed by atoms with E-state index in [2.05, 4.69) is 5.10 Å². The van der Waals surface area contributed by atoms with Crippen LogP contribution in [0.15, 0.2) is 12.4 Å². The van der Waals surface area contributed by atoms with Crippen molar-refractivity contribution in [1.82, 2.24) is 14.7 Å². The van der Waals surface area contributed by atoms with Gasteiger partial charge in [-0.05, 0) is 48.5 Å². The fourth-order valence-electron chi connectivity index (χ4n) is 2.79. The van der Waals surface area contributed by atoms with Crippen LogP contribution < -0.4 is 5.46 Å². The van der Waals surface area contributed by atoms with Gasteiger partial charge in [-0.3, -0.25) is 4.68 Å². The first-order valence-electron chi connectivity index (χ1n) is 9.69. The Bertz CT molecular complexity index is 653. The number of carbonyl (C=O) groups excluding carboxylic acids is 1. The molecule has 0 spiro atoms. The zero-order chi connectivity index (χ0) is 21.2. The van der Waals surface area contributed by atoms with E-state index in [1.807, 2.05) is 54.7 Å². The Morgan fingerprint density at radius 3 is 2.36 bits per heavy atom. The van der Waals surface area contributed by atoms with Gasteiger partial charge in [0.05, 0.1) is 24.4 Å². The lowest BCUT2D eigenvalue weighted by Gasteiger charge is -2.34. The van der Waals surface area contributed by atoms with E-state index in [4.69, 9.17) is 18.8 Å². The van der Waals surface area contributed by atoms with Gasteiger partial charge in [-0.15, -0.1) is 0 Å². The minimum absolute atomic E-state index is 0.225. The summed E-state index contributed by atoms with van der Waals surface area (Å²) in [5.41, 5.74) is -0.283. The number of rotatable bonds is 7. The standard InChI is InChI=1S/C19H34BN3O5/c1-17(2,3)23(10-11-25-8)16(24)26-12-9-22-14-15(13-21-22)20-27-18(4,5)19(6,7)28-20/h13-14H,9-12H2,1-8H3. The van der Waals surface area contributed by atoms with Crippen LogP contribution in [-0.4, -0.2) is 71.5 Å². The largest absolute Gasteiger partial charge is 0.498 e. The highest BCUT2D eigenvalue weighted by Gasteiger charge is 2.52. The highest BCUT2D eigenvalue weighted by Crippen LogP contribution is 2.36. The summed E-state index contributed by atoms with van der Waals surface area (Å²) < 4.78 is 24.3. The fraction of sp³-hybridized carbons (Fsp3) is 0.789. The lowest BCUT2D eigenvalue weighted by Crippen LogP contribution is -2.47. The Hall–Kier alpha value is -1.58. The van der Waals surface area contributed by atoms with Gasteiger partial charge < -0.3 is 23.7 Å². The molecule has 0 aliphatic carbocycles. The summed E-state index contributed by atoms with van der Waals surface area (Å²) in [5, 5.41) is 4.33. The Balaban J connectivity index is 1.88. The molecule has 158 valence electrons. The molecule has 0 bridgehead atoms. The van der Waals surface area contributed by atoms with Crippen LogP contribution in [0.4, 0.5) is 4.79 Å². The Morgan fingerprint density at radius 2 is 1.82 bits per heavy atom. The Labute approximate surface area is 168 Å². The zero-order valence-corrected chi connectivity index (χ0v) is 18.4. The topological polar surface area (TPSA) is 75.0 Å². The van der Waals surface area contributed by atoms with Gasteiger partial charge >= 0.3 is 13.2 Å². The molecule has 8 nitrogen and oxygen atoms in total. The molecule has 0 saturated carbocycles. The van der Waals surface area contributed by atoms with Crippen molar-refractivity contribution in [2.45, 2.75) is 71.8 Å². The summed E-state index contributed by atoms with van der Waals surface area (Å²) in [7, 11) is 1.16. The molecule has 1 aromatic rings. The summed E-state index contributed by atoms with van der Waals surface area (Å²) in [6.07, 6.45) is 3.23. The number of carbonyl (C=O) groups is 1. The van der Waals surface area contributed by atoms with Crippen LogP contribution in [0, 0.1) is 0 Å². The molecule has 0 N–H and O–H groups in total. The van der Waals surface area contributed by atoms with Crippen LogP contribution in [-0.2, 0) is 25.3 Å². The second-order valence-electron chi connectivity index (χ2n) is 9.05. The number of hydrogen-bond donors (Lipinski definition) is 0. The average molecular weight is 395 g/mol. The van der Waals surface area contributed by atoms with Crippen LogP contribution in [0.2, 0.25) is 0 Å². The number of methoxy groups -OCH3 is 1. The smallest absolute Gasteiger partial charge is 0.447 e. The highest BCUT2D eigenvalue weighted by atomic mass is 16.7. The van der Waals surface area contributed by atoms with Crippen LogP contribution in [0.3, 0.4) is 0 Å². The maximum absolute atomic E-state index is 12.4. The molecule has 2 heterocycles. The summed E-state index contributed by atoms with van der Waals surface area (Å²) in [6.45, 7) is 15.6. The van der Waals surface area contributed by atoms with Crippen molar-refractivity contribution in [3.63, 3.8) is 0 Å². The first kappa shape index (κ1) is 22.7. The first-order chi connectivity index (χ1) is 12.9. The maximum Gasteiger partial charge on any atom is 0.498 e. The second-order valence-corrected chi connectivity index (χ2v) is 9.05. The van der Waals surface area contributed by atoms with Crippen molar-refractivity contribution in [3.8, 4) is 0 Å². The molecule has 0 unspecified atom stereocenters. The molecule has 1 fully saturated rings. The van der Waals surface area contributed by atoms with E-state index in [9.17, 15) is 4.79 Å². The van der Waals surface area contributed by atoms with Gasteiger partial charge in [0.1, 0.15) is 6.61 Å². The van der Waals surface area contributed by atoms with Crippen LogP contribution >= 0.6 is 0 Å². The van der Waals surface area contributed by atoms with Crippen molar-refractivity contribution >= 4 is 18.7 Å². The minimum Gasteiger partial charge on any atom is -0.447 e. The van der Waals surface area contributed by atoms with Crippen molar-refractivity contribution in [2.75, 3.05) is 26.9 Å². The van der Waals surface area contributed by atoms with E-state index in [1.54, 1.807) is 22.9 Å². The second kappa shape index (κ2) is 8.43. The highest BCUT2D eigenvalue weighted by molar-refractivity contribution is 6.61. The van der Waals surface area contributed by atoms with Crippen molar-refractivity contribution in [1.29, 1.82) is 0 Å². The molecule has 1 amide bonds. The molecule has 1 aliphatic rings. The van der Waals surface area contributed by atoms with E-state index < -0.39 is 18.3 Å². The maximum atomic E-state index is 12.4. The molecule has 1 aromatic heterocycles. The molecule has 0 radical (unpaired) electrons. The van der Waals surface area contributed by atoms with E-state index in [1.165, 1.54) is 0 Å². The molecule has 0 aromatic carbocycles. The normalized spacial score (nSPS) is 18.4. The third kappa shape index (κ3) is 5.27. The van der Waals surface area contributed by atoms with Crippen molar-refractivity contribution in [3.05, 3.63) is 12.4 Å². The molecular formula is C19H34BN3O5. The van der Waals surface area contributed by atoms with Gasteiger partial charge in [-0.2, -0.15) is 5.10 Å². The summed E-state index contributed by atoms with van der Waals surface area (Å²) in [6, 6.07) is 0. The third-order valence-electron chi connectivity index (χ3n) is 5.27. The van der Waals surface area contributed by atoms with Crippen LogP contribution in [0.25, 0.3) is 0 Å². The Morgan fingerprint density at radius 1 is 1.21 bits per heavy atom. The summed E-state index contributed by atoms with van der Waals surface area (Å²) in [5.74, 6) is 0. The predicted octanol–water partition coefficient (Wildman–Crippen LogP) is 2.07. The molecule has 0 atom stereocenters. The van der Waals surface area contributed by atoms with E-state index in [0.29, 0.717) is 19.7 Å². The third-order valence-corrected chi connectivity index (χ3v) is 5.27. The molecule has 1 saturated heterocycles. The molecular weight excluding hydrogens is 361 g/mol. The van der Waals surface area contributed by atoms with Crippen LogP contribution in [0.1, 0.15) is 48.5 Å².